The number of hydrogen-bond acceptors (Lipinski definition) is 3. The molecule has 2 atom stereocenters. The van der Waals surface area contributed by atoms with Crippen LogP contribution in [0.3, 0.4) is 0 Å². The lowest BCUT2D eigenvalue weighted by Gasteiger charge is -2.26. The summed E-state index contributed by atoms with van der Waals surface area (Å²) in [6, 6.07) is 0.125. The normalized spacial score (nSPS) is 34.9. The molecule has 0 bridgehead atoms. The highest BCUT2D eigenvalue weighted by Gasteiger charge is 2.42. The van der Waals surface area contributed by atoms with E-state index in [2.05, 4.69) is 0 Å². The molecule has 1 amide bonds. The molecule has 2 unspecified atom stereocenters. The van der Waals surface area contributed by atoms with Gasteiger partial charge in [0.1, 0.15) is 0 Å². The predicted molar refractivity (Wildman–Crippen MR) is 43.5 cm³/mol. The van der Waals surface area contributed by atoms with E-state index in [1.165, 1.54) is 0 Å². The van der Waals surface area contributed by atoms with Gasteiger partial charge in [-0.1, -0.05) is 0 Å². The van der Waals surface area contributed by atoms with Gasteiger partial charge in [-0.05, 0) is 6.42 Å². The SMILES string of the molecule is NC1CC1C(=O)N1CCOCC1. The molecule has 0 aromatic carbocycles. The standard InChI is InChI=1S/C8H14N2O2/c9-7-5-6(7)8(11)10-1-3-12-4-2-10/h6-7H,1-5,9H2. The Morgan fingerprint density at radius 1 is 1.42 bits per heavy atom. The number of morpholine rings is 1. The first-order valence-electron chi connectivity index (χ1n) is 4.41. The van der Waals surface area contributed by atoms with Gasteiger partial charge in [0.25, 0.3) is 0 Å². The summed E-state index contributed by atoms with van der Waals surface area (Å²) in [4.78, 5) is 13.4. The number of carbonyl (C=O) groups is 1. The van der Waals surface area contributed by atoms with E-state index in [0.717, 1.165) is 19.5 Å². The maximum atomic E-state index is 11.6. The minimum absolute atomic E-state index is 0.114. The fourth-order valence-corrected chi connectivity index (χ4v) is 1.52. The van der Waals surface area contributed by atoms with E-state index in [9.17, 15) is 4.79 Å². The van der Waals surface area contributed by atoms with Crippen LogP contribution in [-0.2, 0) is 9.53 Å². The van der Waals surface area contributed by atoms with Crippen LogP contribution in [-0.4, -0.2) is 43.2 Å². The van der Waals surface area contributed by atoms with Crippen LogP contribution in [0.15, 0.2) is 0 Å². The topological polar surface area (TPSA) is 55.6 Å². The van der Waals surface area contributed by atoms with Crippen LogP contribution in [0, 0.1) is 5.92 Å². The maximum Gasteiger partial charge on any atom is 0.227 e. The van der Waals surface area contributed by atoms with Gasteiger partial charge in [-0.3, -0.25) is 4.79 Å². The predicted octanol–water partition coefficient (Wildman–Crippen LogP) is -0.808. The van der Waals surface area contributed by atoms with E-state index < -0.39 is 0 Å². The van der Waals surface area contributed by atoms with Crippen LogP contribution < -0.4 is 5.73 Å². The number of nitrogens with two attached hydrogens (primary N) is 1. The molecule has 0 spiro atoms. The first kappa shape index (κ1) is 8.01. The van der Waals surface area contributed by atoms with Crippen molar-refractivity contribution in [2.24, 2.45) is 11.7 Å². The largest absolute Gasteiger partial charge is 0.378 e. The van der Waals surface area contributed by atoms with Crippen LogP contribution in [0.2, 0.25) is 0 Å². The molecule has 0 radical (unpaired) electrons. The molecule has 4 heteroatoms. The zero-order valence-corrected chi connectivity index (χ0v) is 7.03. The van der Waals surface area contributed by atoms with Gasteiger partial charge in [-0.25, -0.2) is 0 Å². The average Bonchev–Trinajstić information content (AvgIpc) is 2.83. The summed E-state index contributed by atoms with van der Waals surface area (Å²) in [5.41, 5.74) is 5.60. The number of carbonyl (C=O) groups excluding carboxylic acids is 1. The third kappa shape index (κ3) is 1.44. The molecule has 2 rings (SSSR count). The van der Waals surface area contributed by atoms with E-state index in [1.54, 1.807) is 0 Å². The summed E-state index contributed by atoms with van der Waals surface area (Å²) in [5.74, 6) is 0.342. The van der Waals surface area contributed by atoms with E-state index in [4.69, 9.17) is 10.5 Å². The lowest BCUT2D eigenvalue weighted by molar-refractivity contribution is -0.136. The van der Waals surface area contributed by atoms with Crippen molar-refractivity contribution in [2.75, 3.05) is 26.3 Å². The highest BCUT2D eigenvalue weighted by Crippen LogP contribution is 2.29. The summed E-state index contributed by atoms with van der Waals surface area (Å²) in [6.45, 7) is 2.82. The van der Waals surface area contributed by atoms with Gasteiger partial charge >= 0.3 is 0 Å². The zero-order valence-electron chi connectivity index (χ0n) is 7.03. The molecule has 2 aliphatic rings. The Balaban J connectivity index is 1.86. The van der Waals surface area contributed by atoms with Crippen molar-refractivity contribution in [1.29, 1.82) is 0 Å². The monoisotopic (exact) mass is 170 g/mol. The van der Waals surface area contributed by atoms with Gasteiger partial charge in [0, 0.05) is 19.1 Å². The molecule has 2 N–H and O–H groups in total. The van der Waals surface area contributed by atoms with Crippen LogP contribution >= 0.6 is 0 Å². The van der Waals surface area contributed by atoms with Gasteiger partial charge < -0.3 is 15.4 Å². The number of ether oxygens (including phenoxy) is 1. The Kier molecular flexibility index (Phi) is 2.02. The quantitative estimate of drug-likeness (QED) is 0.560. The van der Waals surface area contributed by atoms with Gasteiger partial charge in [0.2, 0.25) is 5.91 Å². The summed E-state index contributed by atoms with van der Waals surface area (Å²) >= 11 is 0. The van der Waals surface area contributed by atoms with Gasteiger partial charge in [-0.2, -0.15) is 0 Å². The van der Waals surface area contributed by atoms with Crippen molar-refractivity contribution in [3.63, 3.8) is 0 Å². The van der Waals surface area contributed by atoms with Crippen LogP contribution in [0.4, 0.5) is 0 Å². The van der Waals surface area contributed by atoms with Crippen molar-refractivity contribution in [3.05, 3.63) is 0 Å². The van der Waals surface area contributed by atoms with Crippen molar-refractivity contribution in [2.45, 2.75) is 12.5 Å². The molecule has 0 aromatic rings. The zero-order chi connectivity index (χ0) is 8.55. The smallest absolute Gasteiger partial charge is 0.227 e. The third-order valence-electron chi connectivity index (χ3n) is 2.48. The lowest BCUT2D eigenvalue weighted by Crippen LogP contribution is -2.42. The highest BCUT2D eigenvalue weighted by atomic mass is 16.5. The summed E-state index contributed by atoms with van der Waals surface area (Å²) in [7, 11) is 0. The fraction of sp³-hybridized carbons (Fsp3) is 0.875. The first-order valence-corrected chi connectivity index (χ1v) is 4.41. The van der Waals surface area contributed by atoms with Crippen molar-refractivity contribution >= 4 is 5.91 Å². The Morgan fingerprint density at radius 2 is 2.00 bits per heavy atom. The van der Waals surface area contributed by atoms with Gasteiger partial charge in [0.15, 0.2) is 0 Å². The first-order chi connectivity index (χ1) is 5.79. The second-order valence-electron chi connectivity index (χ2n) is 3.44. The number of rotatable bonds is 1. The molecule has 1 aliphatic heterocycles. The van der Waals surface area contributed by atoms with E-state index in [1.807, 2.05) is 4.90 Å². The fourth-order valence-electron chi connectivity index (χ4n) is 1.52. The molecule has 0 aromatic heterocycles. The molecular formula is C8H14N2O2. The Bertz CT molecular complexity index is 189. The van der Waals surface area contributed by atoms with Crippen molar-refractivity contribution in [1.82, 2.24) is 4.90 Å². The third-order valence-corrected chi connectivity index (χ3v) is 2.48. The molecule has 12 heavy (non-hydrogen) atoms. The maximum absolute atomic E-state index is 11.6. The van der Waals surface area contributed by atoms with Crippen LogP contribution in [0.5, 0.6) is 0 Å². The van der Waals surface area contributed by atoms with Gasteiger partial charge in [-0.15, -0.1) is 0 Å². The molecular weight excluding hydrogens is 156 g/mol. The minimum Gasteiger partial charge on any atom is -0.378 e. The Labute approximate surface area is 71.7 Å². The average molecular weight is 170 g/mol. The van der Waals surface area contributed by atoms with Gasteiger partial charge in [0.05, 0.1) is 19.1 Å². The molecule has 1 aliphatic carbocycles. The van der Waals surface area contributed by atoms with Crippen LogP contribution in [0.25, 0.3) is 0 Å². The summed E-state index contributed by atoms with van der Waals surface area (Å²) in [6.07, 6.45) is 0.871. The second-order valence-corrected chi connectivity index (χ2v) is 3.44. The van der Waals surface area contributed by atoms with Crippen molar-refractivity contribution < 1.29 is 9.53 Å². The molecule has 1 saturated heterocycles. The second kappa shape index (κ2) is 3.03. The number of amides is 1. The van der Waals surface area contributed by atoms with Crippen LogP contribution in [0.1, 0.15) is 6.42 Å². The number of hydrogen-bond donors (Lipinski definition) is 1. The lowest BCUT2D eigenvalue weighted by atomic mass is 10.3. The summed E-state index contributed by atoms with van der Waals surface area (Å²) < 4.78 is 5.15. The van der Waals surface area contributed by atoms with E-state index in [0.29, 0.717) is 13.2 Å². The molecule has 68 valence electrons. The molecule has 4 nitrogen and oxygen atoms in total. The molecule has 1 heterocycles. The molecule has 2 fully saturated rings. The minimum atomic E-state index is 0.114. The summed E-state index contributed by atoms with van der Waals surface area (Å²) in [5, 5.41) is 0. The van der Waals surface area contributed by atoms with E-state index in [-0.39, 0.29) is 17.9 Å². The Hall–Kier alpha value is -0.610. The number of nitrogens with zero attached hydrogens (tertiary/aromatic N) is 1. The Morgan fingerprint density at radius 3 is 2.50 bits per heavy atom. The molecule has 1 saturated carbocycles. The van der Waals surface area contributed by atoms with E-state index >= 15 is 0 Å². The van der Waals surface area contributed by atoms with Crippen molar-refractivity contribution in [3.8, 4) is 0 Å². The highest BCUT2D eigenvalue weighted by molar-refractivity contribution is 5.82.